The molecule has 0 aliphatic heterocycles. The molecule has 1 rings (SSSR count). The highest BCUT2D eigenvalue weighted by molar-refractivity contribution is 5.35. The Labute approximate surface area is 86.0 Å². The molecule has 3 heteroatoms. The Morgan fingerprint density at radius 3 is 2.64 bits per heavy atom. The summed E-state index contributed by atoms with van der Waals surface area (Å²) < 4.78 is 0. The summed E-state index contributed by atoms with van der Waals surface area (Å²) in [7, 11) is 0. The van der Waals surface area contributed by atoms with Gasteiger partial charge in [-0.1, -0.05) is 20.3 Å². The summed E-state index contributed by atoms with van der Waals surface area (Å²) in [6.45, 7) is 7.23. The first-order valence-corrected chi connectivity index (χ1v) is 5.34. The minimum absolute atomic E-state index is 0.856. The van der Waals surface area contributed by atoms with E-state index < -0.39 is 0 Å². The van der Waals surface area contributed by atoms with Crippen LogP contribution in [0.1, 0.15) is 38.2 Å². The van der Waals surface area contributed by atoms with Crippen molar-refractivity contribution in [3.05, 3.63) is 17.6 Å². The van der Waals surface area contributed by atoms with Crippen molar-refractivity contribution in [3.8, 4) is 0 Å². The fourth-order valence-electron chi connectivity index (χ4n) is 1.36. The lowest BCUT2D eigenvalue weighted by molar-refractivity contribution is 0.853. The Hall–Kier alpha value is -1.12. The van der Waals surface area contributed by atoms with E-state index in [1.54, 1.807) is 0 Å². The Morgan fingerprint density at radius 1 is 1.21 bits per heavy atom. The Bertz CT molecular complexity index is 284. The molecule has 0 fully saturated rings. The monoisotopic (exact) mass is 193 g/mol. The third-order valence-corrected chi connectivity index (χ3v) is 1.95. The van der Waals surface area contributed by atoms with E-state index in [-0.39, 0.29) is 0 Å². The molecule has 1 N–H and O–H groups in total. The second kappa shape index (κ2) is 5.58. The highest BCUT2D eigenvalue weighted by atomic mass is 15.0. The predicted molar refractivity (Wildman–Crippen MR) is 59.5 cm³/mol. The van der Waals surface area contributed by atoms with Crippen LogP contribution in [0, 0.1) is 6.92 Å². The third kappa shape index (κ3) is 3.32. The molecule has 0 atom stereocenters. The summed E-state index contributed by atoms with van der Waals surface area (Å²) in [4.78, 5) is 8.71. The van der Waals surface area contributed by atoms with Crippen molar-refractivity contribution in [1.29, 1.82) is 0 Å². The maximum Gasteiger partial charge on any atom is 0.129 e. The van der Waals surface area contributed by atoms with Crippen molar-refractivity contribution < 1.29 is 0 Å². The lowest BCUT2D eigenvalue weighted by Gasteiger charge is -2.06. The van der Waals surface area contributed by atoms with E-state index in [9.17, 15) is 0 Å². The number of hydrogen-bond acceptors (Lipinski definition) is 3. The van der Waals surface area contributed by atoms with Gasteiger partial charge in [0.1, 0.15) is 11.6 Å². The minimum Gasteiger partial charge on any atom is -0.370 e. The van der Waals surface area contributed by atoms with Gasteiger partial charge in [0, 0.05) is 18.3 Å². The van der Waals surface area contributed by atoms with Crippen LogP contribution in [0.2, 0.25) is 0 Å². The Kier molecular flexibility index (Phi) is 4.36. The highest BCUT2D eigenvalue weighted by Gasteiger charge is 1.99. The molecule has 1 aromatic rings. The summed E-state index contributed by atoms with van der Waals surface area (Å²) >= 11 is 0. The summed E-state index contributed by atoms with van der Waals surface area (Å²) in [5.41, 5.74) is 1.14. The van der Waals surface area contributed by atoms with Crippen molar-refractivity contribution >= 4 is 5.82 Å². The van der Waals surface area contributed by atoms with Gasteiger partial charge in [-0.05, 0) is 19.8 Å². The van der Waals surface area contributed by atoms with Gasteiger partial charge in [0.05, 0.1) is 0 Å². The van der Waals surface area contributed by atoms with Gasteiger partial charge < -0.3 is 5.32 Å². The molecule has 1 heterocycles. The van der Waals surface area contributed by atoms with E-state index in [4.69, 9.17) is 0 Å². The third-order valence-electron chi connectivity index (χ3n) is 1.95. The molecule has 0 saturated carbocycles. The molecule has 14 heavy (non-hydrogen) atoms. The molecule has 0 aromatic carbocycles. The van der Waals surface area contributed by atoms with E-state index in [1.165, 1.54) is 0 Å². The molecule has 0 amide bonds. The van der Waals surface area contributed by atoms with Crippen molar-refractivity contribution in [2.75, 3.05) is 11.9 Å². The topological polar surface area (TPSA) is 37.8 Å². The molecule has 0 spiro atoms. The summed E-state index contributed by atoms with van der Waals surface area (Å²) in [6, 6.07) is 2.05. The maximum absolute atomic E-state index is 4.38. The Morgan fingerprint density at radius 2 is 2.00 bits per heavy atom. The zero-order valence-electron chi connectivity index (χ0n) is 9.30. The first-order chi connectivity index (χ1) is 6.76. The molecule has 78 valence electrons. The van der Waals surface area contributed by atoms with Crippen LogP contribution in [0.5, 0.6) is 0 Å². The molecular formula is C11H19N3. The number of rotatable bonds is 5. The van der Waals surface area contributed by atoms with Crippen LogP contribution in [-0.4, -0.2) is 16.5 Å². The van der Waals surface area contributed by atoms with Gasteiger partial charge >= 0.3 is 0 Å². The number of nitrogens with one attached hydrogen (secondary N) is 1. The lowest BCUT2D eigenvalue weighted by Crippen LogP contribution is -2.05. The number of hydrogen-bond donors (Lipinski definition) is 1. The van der Waals surface area contributed by atoms with Crippen LogP contribution in [0.3, 0.4) is 0 Å². The largest absolute Gasteiger partial charge is 0.370 e. The quantitative estimate of drug-likeness (QED) is 0.781. The number of anilines is 1. The van der Waals surface area contributed by atoms with Crippen LogP contribution in [0.4, 0.5) is 5.82 Å². The standard InChI is InChI=1S/C11H19N3/c1-4-6-10-8-11(12-7-5-2)14-9(3)13-10/h8H,4-7H2,1-3H3,(H,12,13,14). The van der Waals surface area contributed by atoms with Crippen LogP contribution in [-0.2, 0) is 6.42 Å². The van der Waals surface area contributed by atoms with Gasteiger partial charge in [-0.15, -0.1) is 0 Å². The van der Waals surface area contributed by atoms with E-state index in [0.29, 0.717) is 0 Å². The first-order valence-electron chi connectivity index (χ1n) is 5.34. The molecular weight excluding hydrogens is 174 g/mol. The Balaban J connectivity index is 2.73. The second-order valence-electron chi connectivity index (χ2n) is 3.47. The SMILES string of the molecule is CCCNc1cc(CCC)nc(C)n1. The van der Waals surface area contributed by atoms with E-state index in [1.807, 2.05) is 13.0 Å². The van der Waals surface area contributed by atoms with Gasteiger partial charge in [0.2, 0.25) is 0 Å². The summed E-state index contributed by atoms with van der Waals surface area (Å²) in [5.74, 6) is 1.82. The average Bonchev–Trinajstić information content (AvgIpc) is 2.14. The van der Waals surface area contributed by atoms with Gasteiger partial charge in [-0.2, -0.15) is 0 Å². The van der Waals surface area contributed by atoms with Gasteiger partial charge in [0.25, 0.3) is 0 Å². The maximum atomic E-state index is 4.38. The molecule has 1 aromatic heterocycles. The van der Waals surface area contributed by atoms with E-state index >= 15 is 0 Å². The van der Waals surface area contributed by atoms with Gasteiger partial charge in [-0.3, -0.25) is 0 Å². The number of nitrogens with zero attached hydrogens (tertiary/aromatic N) is 2. The van der Waals surface area contributed by atoms with Crippen LogP contribution >= 0.6 is 0 Å². The average molecular weight is 193 g/mol. The van der Waals surface area contributed by atoms with Crippen molar-refractivity contribution in [3.63, 3.8) is 0 Å². The first kappa shape index (κ1) is 11.0. The van der Waals surface area contributed by atoms with Crippen LogP contribution in [0.25, 0.3) is 0 Å². The van der Waals surface area contributed by atoms with Crippen LogP contribution < -0.4 is 5.32 Å². The number of aromatic nitrogens is 2. The predicted octanol–water partition coefficient (Wildman–Crippen LogP) is 2.56. The molecule has 0 unspecified atom stereocenters. The molecule has 0 aliphatic rings. The van der Waals surface area contributed by atoms with Gasteiger partial charge in [-0.25, -0.2) is 9.97 Å². The van der Waals surface area contributed by atoms with Crippen molar-refractivity contribution in [2.24, 2.45) is 0 Å². The fraction of sp³-hybridized carbons (Fsp3) is 0.636. The smallest absolute Gasteiger partial charge is 0.129 e. The van der Waals surface area contributed by atoms with Crippen molar-refractivity contribution in [1.82, 2.24) is 9.97 Å². The highest BCUT2D eigenvalue weighted by Crippen LogP contribution is 2.08. The van der Waals surface area contributed by atoms with Crippen molar-refractivity contribution in [2.45, 2.75) is 40.0 Å². The van der Waals surface area contributed by atoms with E-state index in [2.05, 4.69) is 29.1 Å². The zero-order valence-corrected chi connectivity index (χ0v) is 9.30. The molecule has 0 aliphatic carbocycles. The summed E-state index contributed by atoms with van der Waals surface area (Å²) in [5, 5.41) is 3.28. The minimum atomic E-state index is 0.856. The molecule has 0 saturated heterocycles. The lowest BCUT2D eigenvalue weighted by atomic mass is 10.2. The second-order valence-corrected chi connectivity index (χ2v) is 3.47. The molecule has 3 nitrogen and oxygen atoms in total. The number of aryl methyl sites for hydroxylation is 2. The van der Waals surface area contributed by atoms with Crippen LogP contribution in [0.15, 0.2) is 6.07 Å². The fourth-order valence-corrected chi connectivity index (χ4v) is 1.36. The zero-order chi connectivity index (χ0) is 10.4. The van der Waals surface area contributed by atoms with Gasteiger partial charge in [0.15, 0.2) is 0 Å². The normalized spacial score (nSPS) is 10.2. The molecule has 0 bridgehead atoms. The molecule has 0 radical (unpaired) electrons. The van der Waals surface area contributed by atoms with E-state index in [0.717, 1.165) is 43.1 Å². The summed E-state index contributed by atoms with van der Waals surface area (Å²) in [6.07, 6.45) is 3.28.